The van der Waals surface area contributed by atoms with Gasteiger partial charge in [-0.15, -0.1) is 0 Å². The predicted octanol–water partition coefficient (Wildman–Crippen LogP) is 2.84. The smallest absolute Gasteiger partial charge is 0.411 e. The number of hydrogen-bond acceptors (Lipinski definition) is 6. The summed E-state index contributed by atoms with van der Waals surface area (Å²) in [6, 6.07) is 0. The summed E-state index contributed by atoms with van der Waals surface area (Å²) in [4.78, 5) is 14.6. The Bertz CT molecular complexity index is 610. The number of fused-ring (bicyclic) bond motifs is 1. The average molecular weight is 369 g/mol. The minimum atomic E-state index is -1.11. The van der Waals surface area contributed by atoms with Gasteiger partial charge in [0.2, 0.25) is 11.6 Å². The summed E-state index contributed by atoms with van der Waals surface area (Å²) in [5.41, 5.74) is -0.145. The molecule has 0 unspecified atom stereocenters. The molecule has 0 aromatic heterocycles. The van der Waals surface area contributed by atoms with Crippen molar-refractivity contribution in [2.45, 2.75) is 82.4 Å². The monoisotopic (exact) mass is 369 g/mol. The molecule has 1 spiro atoms. The van der Waals surface area contributed by atoms with E-state index >= 15 is 0 Å². The van der Waals surface area contributed by atoms with E-state index in [0.29, 0.717) is 6.54 Å². The van der Waals surface area contributed by atoms with Crippen LogP contribution in [-0.4, -0.2) is 66.7 Å². The van der Waals surface area contributed by atoms with Crippen LogP contribution in [0.3, 0.4) is 0 Å². The van der Waals surface area contributed by atoms with Crippen molar-refractivity contribution in [2.75, 3.05) is 20.8 Å². The summed E-state index contributed by atoms with van der Waals surface area (Å²) in [6.45, 7) is 13.8. The maximum atomic E-state index is 12.8. The van der Waals surface area contributed by atoms with Crippen LogP contribution in [0.5, 0.6) is 0 Å². The second kappa shape index (κ2) is 5.92. The van der Waals surface area contributed by atoms with Crippen LogP contribution in [0, 0.1) is 0 Å². The van der Waals surface area contributed by atoms with Gasteiger partial charge in [0.05, 0.1) is 12.1 Å². The largest absolute Gasteiger partial charge is 0.444 e. The zero-order valence-electron chi connectivity index (χ0n) is 16.9. The van der Waals surface area contributed by atoms with E-state index in [-0.39, 0.29) is 12.2 Å². The van der Waals surface area contributed by atoms with Gasteiger partial charge in [0.1, 0.15) is 17.8 Å². The van der Waals surface area contributed by atoms with Gasteiger partial charge in [0.15, 0.2) is 0 Å². The Labute approximate surface area is 155 Å². The highest BCUT2D eigenvalue weighted by atomic mass is 16.8. The summed E-state index contributed by atoms with van der Waals surface area (Å²) in [6.07, 6.45) is 0.572. The fraction of sp³-hybridized carbons (Fsp3) is 0.842. The first-order chi connectivity index (χ1) is 11.9. The van der Waals surface area contributed by atoms with Crippen LogP contribution in [0.4, 0.5) is 4.79 Å². The molecule has 7 nitrogen and oxygen atoms in total. The summed E-state index contributed by atoms with van der Waals surface area (Å²) in [5.74, 6) is -2.20. The van der Waals surface area contributed by atoms with Crippen molar-refractivity contribution in [3.05, 3.63) is 12.2 Å². The Kier molecular flexibility index (Phi) is 4.47. The van der Waals surface area contributed by atoms with Crippen molar-refractivity contribution in [1.82, 2.24) is 4.90 Å². The lowest BCUT2D eigenvalue weighted by Crippen LogP contribution is -2.70. The molecule has 2 heterocycles. The third kappa shape index (κ3) is 2.85. The van der Waals surface area contributed by atoms with Gasteiger partial charge in [-0.1, -0.05) is 6.58 Å². The summed E-state index contributed by atoms with van der Waals surface area (Å²) in [7, 11) is 3.11. The second-order valence-electron chi connectivity index (χ2n) is 8.64. The van der Waals surface area contributed by atoms with E-state index in [1.54, 1.807) is 33.0 Å². The van der Waals surface area contributed by atoms with Crippen molar-refractivity contribution < 1.29 is 28.5 Å². The lowest BCUT2D eigenvalue weighted by Gasteiger charge is -2.56. The molecule has 0 aromatic rings. The first kappa shape index (κ1) is 19.6. The van der Waals surface area contributed by atoms with Gasteiger partial charge in [0, 0.05) is 14.2 Å². The molecule has 0 N–H and O–H groups in total. The van der Waals surface area contributed by atoms with Gasteiger partial charge in [0.25, 0.3) is 0 Å². The molecule has 148 valence electrons. The van der Waals surface area contributed by atoms with Crippen molar-refractivity contribution in [2.24, 2.45) is 0 Å². The first-order valence-corrected chi connectivity index (χ1v) is 9.07. The third-order valence-corrected chi connectivity index (χ3v) is 5.83. The number of carbonyl (C=O) groups is 1. The maximum Gasteiger partial charge on any atom is 0.411 e. The van der Waals surface area contributed by atoms with Gasteiger partial charge in [-0.3, -0.25) is 4.90 Å². The Balaban J connectivity index is 1.89. The summed E-state index contributed by atoms with van der Waals surface area (Å²) in [5, 5.41) is 0. The molecule has 0 aromatic carbocycles. The van der Waals surface area contributed by atoms with Crippen LogP contribution in [-0.2, 0) is 23.7 Å². The van der Waals surface area contributed by atoms with Crippen LogP contribution in [0.1, 0.15) is 47.5 Å². The second-order valence-corrected chi connectivity index (χ2v) is 8.64. The molecule has 0 radical (unpaired) electrons. The highest BCUT2D eigenvalue weighted by molar-refractivity contribution is 5.72. The van der Waals surface area contributed by atoms with E-state index in [0.717, 1.165) is 18.4 Å². The fourth-order valence-corrected chi connectivity index (χ4v) is 3.85. The first-order valence-electron chi connectivity index (χ1n) is 9.07. The van der Waals surface area contributed by atoms with E-state index in [1.807, 2.05) is 20.8 Å². The molecule has 3 aliphatic rings. The van der Waals surface area contributed by atoms with Gasteiger partial charge in [-0.25, -0.2) is 4.79 Å². The van der Waals surface area contributed by atoms with Crippen LogP contribution in [0.25, 0.3) is 0 Å². The molecular formula is C19H31NO6. The van der Waals surface area contributed by atoms with Crippen LogP contribution in [0.15, 0.2) is 12.2 Å². The predicted molar refractivity (Wildman–Crippen MR) is 94.6 cm³/mol. The van der Waals surface area contributed by atoms with Gasteiger partial charge in [-0.2, -0.15) is 0 Å². The molecule has 4 atom stereocenters. The molecule has 0 bridgehead atoms. The van der Waals surface area contributed by atoms with E-state index in [4.69, 9.17) is 23.7 Å². The zero-order valence-corrected chi connectivity index (χ0v) is 16.9. The lowest BCUT2D eigenvalue weighted by atomic mass is 9.87. The maximum absolute atomic E-state index is 12.8. The molecule has 3 rings (SSSR count). The minimum Gasteiger partial charge on any atom is -0.444 e. The standard InChI is InChI=1S/C19H31NO6/c1-12-14-13(24-17(5,22-7)18(6,23-8)25-14)11-20(19(12)9-10-19)15(21)26-16(2,3)4/h13-14H,1,9-11H2,2-8H3/t13-,14-,17+,18+/m1/s1. The fourth-order valence-electron chi connectivity index (χ4n) is 3.85. The van der Waals surface area contributed by atoms with Crippen LogP contribution in [0.2, 0.25) is 0 Å². The highest BCUT2D eigenvalue weighted by Gasteiger charge is 2.65. The van der Waals surface area contributed by atoms with Crippen LogP contribution < -0.4 is 0 Å². The summed E-state index contributed by atoms with van der Waals surface area (Å²) >= 11 is 0. The molecule has 2 saturated heterocycles. The normalized spacial score (nSPS) is 38.9. The Morgan fingerprint density at radius 1 is 1.15 bits per heavy atom. The molecule has 1 saturated carbocycles. The topological polar surface area (TPSA) is 66.5 Å². The highest BCUT2D eigenvalue weighted by Crippen LogP contribution is 2.55. The van der Waals surface area contributed by atoms with Crippen molar-refractivity contribution in [3.63, 3.8) is 0 Å². The Morgan fingerprint density at radius 3 is 2.15 bits per heavy atom. The Hall–Kier alpha value is -1.15. The van der Waals surface area contributed by atoms with Gasteiger partial charge >= 0.3 is 6.09 Å². The average Bonchev–Trinajstić information content (AvgIpc) is 3.33. The van der Waals surface area contributed by atoms with E-state index in [9.17, 15) is 4.79 Å². The molecule has 1 aliphatic carbocycles. The van der Waals surface area contributed by atoms with Crippen molar-refractivity contribution >= 4 is 6.09 Å². The van der Waals surface area contributed by atoms with Crippen molar-refractivity contribution in [1.29, 1.82) is 0 Å². The van der Waals surface area contributed by atoms with Gasteiger partial charge in [-0.05, 0) is 53.0 Å². The number of methoxy groups -OCH3 is 2. The number of amides is 1. The van der Waals surface area contributed by atoms with Crippen LogP contribution >= 0.6 is 0 Å². The SMILES string of the molecule is C=C1[C@H]2O[C@](C)(OC)[C@@](C)(OC)O[C@@H]2CN(C(=O)OC(C)(C)C)C12CC2. The number of nitrogens with zero attached hydrogens (tertiary/aromatic N) is 1. The van der Waals surface area contributed by atoms with E-state index in [1.165, 1.54) is 0 Å². The summed E-state index contributed by atoms with van der Waals surface area (Å²) < 4.78 is 29.3. The number of rotatable bonds is 2. The number of ether oxygens (including phenoxy) is 5. The molecule has 2 aliphatic heterocycles. The number of piperidine rings is 1. The molecular weight excluding hydrogens is 338 g/mol. The van der Waals surface area contributed by atoms with E-state index in [2.05, 4.69) is 6.58 Å². The molecule has 1 amide bonds. The van der Waals surface area contributed by atoms with Crippen molar-refractivity contribution in [3.8, 4) is 0 Å². The van der Waals surface area contributed by atoms with E-state index < -0.39 is 28.8 Å². The lowest BCUT2D eigenvalue weighted by molar-refractivity contribution is -0.446. The quantitative estimate of drug-likeness (QED) is 0.698. The Morgan fingerprint density at radius 2 is 1.69 bits per heavy atom. The number of carbonyl (C=O) groups excluding carboxylic acids is 1. The minimum absolute atomic E-state index is 0.350. The number of likely N-dealkylation sites (tertiary alicyclic amines) is 1. The molecule has 26 heavy (non-hydrogen) atoms. The number of hydrogen-bond donors (Lipinski definition) is 0. The third-order valence-electron chi connectivity index (χ3n) is 5.83. The van der Waals surface area contributed by atoms with Gasteiger partial charge < -0.3 is 23.7 Å². The zero-order chi connectivity index (χ0) is 19.5. The molecule has 7 heteroatoms. The molecule has 3 fully saturated rings.